The van der Waals surface area contributed by atoms with Crippen molar-refractivity contribution in [2.24, 2.45) is 5.92 Å². The highest BCUT2D eigenvalue weighted by molar-refractivity contribution is 6.02. The number of aromatic carboxylic acids is 1. The summed E-state index contributed by atoms with van der Waals surface area (Å²) in [5.41, 5.74) is -0.466. The minimum absolute atomic E-state index is 0.120. The summed E-state index contributed by atoms with van der Waals surface area (Å²) in [7, 11) is 0. The monoisotopic (exact) mass is 282 g/mol. The lowest BCUT2D eigenvalue weighted by atomic mass is 10.2. The molecule has 0 aliphatic carbocycles. The largest absolute Gasteiger partial charge is 0.477 e. The maximum atomic E-state index is 11.7. The number of nitrogens with zero attached hydrogens (tertiary/aromatic N) is 1. The molecule has 0 aliphatic heterocycles. The van der Waals surface area contributed by atoms with Crippen LogP contribution in [0.15, 0.2) is 6.33 Å². The topological polar surface area (TPSA) is 124 Å². The van der Waals surface area contributed by atoms with E-state index in [1.165, 1.54) is 0 Å². The summed E-state index contributed by atoms with van der Waals surface area (Å²) in [4.78, 5) is 39.9. The fourth-order valence-corrected chi connectivity index (χ4v) is 1.41. The molecule has 0 unspecified atom stereocenters. The van der Waals surface area contributed by atoms with Gasteiger partial charge in [0.15, 0.2) is 11.4 Å². The van der Waals surface area contributed by atoms with E-state index < -0.39 is 11.9 Å². The van der Waals surface area contributed by atoms with Crippen LogP contribution in [0.25, 0.3) is 0 Å². The van der Waals surface area contributed by atoms with Crippen LogP contribution in [-0.2, 0) is 4.79 Å². The minimum atomic E-state index is -1.26. The summed E-state index contributed by atoms with van der Waals surface area (Å²) in [6, 6.07) is 0. The van der Waals surface area contributed by atoms with Crippen LogP contribution in [-0.4, -0.2) is 45.9 Å². The Hall–Kier alpha value is -2.38. The average Bonchev–Trinajstić information content (AvgIpc) is 2.85. The highest BCUT2D eigenvalue weighted by atomic mass is 16.4. The zero-order valence-electron chi connectivity index (χ0n) is 11.4. The average molecular weight is 282 g/mol. The Labute approximate surface area is 116 Å². The van der Waals surface area contributed by atoms with Crippen molar-refractivity contribution in [2.45, 2.75) is 20.3 Å². The van der Waals surface area contributed by atoms with Gasteiger partial charge in [-0.2, -0.15) is 0 Å². The van der Waals surface area contributed by atoms with Crippen molar-refractivity contribution >= 4 is 17.8 Å². The highest BCUT2D eigenvalue weighted by Crippen LogP contribution is 2.02. The second-order valence-corrected chi connectivity index (χ2v) is 4.64. The Bertz CT molecular complexity index is 495. The quantitative estimate of drug-likeness (QED) is 0.560. The first-order chi connectivity index (χ1) is 9.41. The van der Waals surface area contributed by atoms with E-state index in [9.17, 15) is 14.4 Å². The lowest BCUT2D eigenvalue weighted by molar-refractivity contribution is -0.121. The fourth-order valence-electron chi connectivity index (χ4n) is 1.41. The van der Waals surface area contributed by atoms with E-state index in [4.69, 9.17) is 5.11 Å². The van der Waals surface area contributed by atoms with E-state index in [2.05, 4.69) is 20.6 Å². The zero-order chi connectivity index (χ0) is 15.1. The molecule has 0 saturated heterocycles. The smallest absolute Gasteiger partial charge is 0.354 e. The second kappa shape index (κ2) is 7.27. The van der Waals surface area contributed by atoms with Crippen LogP contribution in [0.2, 0.25) is 0 Å². The van der Waals surface area contributed by atoms with Crippen LogP contribution in [0.1, 0.15) is 41.2 Å². The molecule has 1 rings (SSSR count). The van der Waals surface area contributed by atoms with Gasteiger partial charge in [0, 0.05) is 19.5 Å². The van der Waals surface area contributed by atoms with Crippen LogP contribution < -0.4 is 10.6 Å². The van der Waals surface area contributed by atoms with Crippen LogP contribution in [0.4, 0.5) is 0 Å². The molecule has 20 heavy (non-hydrogen) atoms. The number of hydrogen-bond acceptors (Lipinski definition) is 4. The number of carbonyl (C=O) groups is 3. The fraction of sp³-hybridized carbons (Fsp3) is 0.500. The predicted octanol–water partition coefficient (Wildman–Crippen LogP) is 0.000000000000000666. The summed E-state index contributed by atoms with van der Waals surface area (Å²) >= 11 is 0. The third-order valence-electron chi connectivity index (χ3n) is 2.41. The Morgan fingerprint density at radius 3 is 2.65 bits per heavy atom. The number of carbonyl (C=O) groups excluding carboxylic acids is 2. The van der Waals surface area contributed by atoms with E-state index >= 15 is 0 Å². The van der Waals surface area contributed by atoms with Gasteiger partial charge in [-0.3, -0.25) is 9.59 Å². The van der Waals surface area contributed by atoms with Gasteiger partial charge in [0.1, 0.15) is 0 Å². The first-order valence-electron chi connectivity index (χ1n) is 6.23. The Kier molecular flexibility index (Phi) is 5.70. The number of aromatic amines is 1. The van der Waals surface area contributed by atoms with Crippen molar-refractivity contribution in [3.63, 3.8) is 0 Å². The molecule has 0 radical (unpaired) electrons. The molecule has 1 aromatic rings. The molecule has 1 aromatic heterocycles. The van der Waals surface area contributed by atoms with Crippen molar-refractivity contribution in [1.82, 2.24) is 20.6 Å². The number of imidazole rings is 1. The van der Waals surface area contributed by atoms with Gasteiger partial charge in [0.05, 0.1) is 6.33 Å². The van der Waals surface area contributed by atoms with Gasteiger partial charge in [0.25, 0.3) is 5.91 Å². The first kappa shape index (κ1) is 15.7. The van der Waals surface area contributed by atoms with Gasteiger partial charge in [-0.25, -0.2) is 9.78 Å². The van der Waals surface area contributed by atoms with Crippen molar-refractivity contribution < 1.29 is 19.5 Å². The van der Waals surface area contributed by atoms with Crippen molar-refractivity contribution in [3.8, 4) is 0 Å². The molecule has 0 aromatic carbocycles. The molecule has 0 fully saturated rings. The van der Waals surface area contributed by atoms with Crippen molar-refractivity contribution in [3.05, 3.63) is 17.7 Å². The molecular formula is C12H18N4O4. The second-order valence-electron chi connectivity index (χ2n) is 4.64. The van der Waals surface area contributed by atoms with Gasteiger partial charge >= 0.3 is 5.97 Å². The maximum absolute atomic E-state index is 11.7. The molecule has 0 spiro atoms. The minimum Gasteiger partial charge on any atom is -0.477 e. The van der Waals surface area contributed by atoms with Gasteiger partial charge in [0.2, 0.25) is 5.91 Å². The van der Waals surface area contributed by atoms with Gasteiger partial charge < -0.3 is 20.7 Å². The van der Waals surface area contributed by atoms with E-state index in [1.807, 2.05) is 13.8 Å². The first-order valence-corrected chi connectivity index (χ1v) is 6.23. The summed E-state index contributed by atoms with van der Waals surface area (Å²) in [6.07, 6.45) is 1.26. The summed E-state index contributed by atoms with van der Waals surface area (Å²) < 4.78 is 0. The maximum Gasteiger partial charge on any atom is 0.354 e. The number of H-pyrrole nitrogens is 1. The molecule has 1 heterocycles. The Balaban J connectivity index is 2.38. The lowest BCUT2D eigenvalue weighted by Crippen LogP contribution is -2.33. The summed E-state index contributed by atoms with van der Waals surface area (Å²) in [5.74, 6) is -1.70. The van der Waals surface area contributed by atoms with Gasteiger partial charge in [-0.1, -0.05) is 13.8 Å². The SMILES string of the molecule is CC(C)CNC(=O)CCNC(=O)c1nc[nH]c1C(=O)O. The Morgan fingerprint density at radius 2 is 2.05 bits per heavy atom. The van der Waals surface area contributed by atoms with E-state index in [1.54, 1.807) is 0 Å². The zero-order valence-corrected chi connectivity index (χ0v) is 11.4. The summed E-state index contributed by atoms with van der Waals surface area (Å²) in [5, 5.41) is 14.0. The molecule has 8 nitrogen and oxygen atoms in total. The van der Waals surface area contributed by atoms with Crippen molar-refractivity contribution in [2.75, 3.05) is 13.1 Å². The number of rotatable bonds is 7. The Morgan fingerprint density at radius 1 is 1.35 bits per heavy atom. The molecular weight excluding hydrogens is 264 g/mol. The number of carboxylic acids is 1. The van der Waals surface area contributed by atoms with Gasteiger partial charge in [-0.05, 0) is 5.92 Å². The van der Waals surface area contributed by atoms with E-state index in [0.717, 1.165) is 6.33 Å². The number of carboxylic acid groups (broad SMARTS) is 1. The van der Waals surface area contributed by atoms with Crippen molar-refractivity contribution in [1.29, 1.82) is 0 Å². The molecule has 0 atom stereocenters. The highest BCUT2D eigenvalue weighted by Gasteiger charge is 2.19. The number of hydrogen-bond donors (Lipinski definition) is 4. The third-order valence-corrected chi connectivity index (χ3v) is 2.41. The molecule has 0 aliphatic rings. The van der Waals surface area contributed by atoms with E-state index in [0.29, 0.717) is 12.5 Å². The number of nitrogens with one attached hydrogen (secondary N) is 3. The molecule has 0 bridgehead atoms. The van der Waals surface area contributed by atoms with Gasteiger partial charge in [-0.15, -0.1) is 0 Å². The predicted molar refractivity (Wildman–Crippen MR) is 70.3 cm³/mol. The van der Waals surface area contributed by atoms with Crippen LogP contribution in [0, 0.1) is 5.92 Å². The van der Waals surface area contributed by atoms with Crippen LogP contribution in [0.5, 0.6) is 0 Å². The molecule has 2 amide bonds. The molecule has 110 valence electrons. The normalized spacial score (nSPS) is 10.3. The van der Waals surface area contributed by atoms with Crippen LogP contribution in [0.3, 0.4) is 0 Å². The van der Waals surface area contributed by atoms with E-state index in [-0.39, 0.29) is 30.3 Å². The third kappa shape index (κ3) is 4.71. The van der Waals surface area contributed by atoms with Crippen LogP contribution >= 0.6 is 0 Å². The summed E-state index contributed by atoms with van der Waals surface area (Å²) in [6.45, 7) is 4.66. The molecule has 4 N–H and O–H groups in total. The molecule has 8 heteroatoms. The molecule has 0 saturated carbocycles. The number of aromatic nitrogens is 2. The lowest BCUT2D eigenvalue weighted by Gasteiger charge is -2.08. The standard InChI is InChI=1S/C12H18N4O4/c1-7(2)5-14-8(17)3-4-13-11(18)9-10(12(19)20)16-6-15-9/h6-7H,3-5H2,1-2H3,(H,13,18)(H,14,17)(H,15,16)(H,19,20). The number of amides is 2.